The summed E-state index contributed by atoms with van der Waals surface area (Å²) in [5, 5.41) is 3.59. The molecule has 0 spiro atoms. The van der Waals surface area contributed by atoms with Crippen LogP contribution in [0.1, 0.15) is 29.1 Å². The number of pyridine rings is 1. The molecule has 7 nitrogen and oxygen atoms in total. The molecule has 1 aliphatic heterocycles. The van der Waals surface area contributed by atoms with E-state index in [1.165, 1.54) is 16.2 Å². The van der Waals surface area contributed by atoms with Crippen molar-refractivity contribution >= 4 is 50.6 Å². The van der Waals surface area contributed by atoms with Gasteiger partial charge in [0, 0.05) is 6.20 Å². The summed E-state index contributed by atoms with van der Waals surface area (Å²) >= 11 is 1.18. The first-order valence-electron chi connectivity index (χ1n) is 8.46. The zero-order valence-electron chi connectivity index (χ0n) is 15.1. The molecule has 4 rings (SSSR count). The third-order valence-electron chi connectivity index (χ3n) is 4.24. The number of primary amides is 1. The van der Waals surface area contributed by atoms with Gasteiger partial charge in [-0.3, -0.25) is 9.69 Å². The van der Waals surface area contributed by atoms with Gasteiger partial charge in [0.05, 0.1) is 28.6 Å². The number of benzene rings is 1. The molecule has 0 fully saturated rings. The highest BCUT2D eigenvalue weighted by Crippen LogP contribution is 2.47. The molecule has 0 saturated carbocycles. The lowest BCUT2D eigenvalue weighted by atomic mass is 10.1. The summed E-state index contributed by atoms with van der Waals surface area (Å²) in [4.78, 5) is 31.7. The molecule has 3 aromatic rings. The standard InChI is InChI=1S/C19H18N4O3S/c1-9(2)26-11-4-5-13(10(3)8-11)23-15-14-12(22-19(23)25)6-7-21-18(14)27-16(15)17(20)24/h4-9H,1-3H3,(H2,20,24)(H,22,25). The highest BCUT2D eigenvalue weighted by Gasteiger charge is 2.34. The van der Waals surface area contributed by atoms with Gasteiger partial charge in [0.25, 0.3) is 5.91 Å². The second-order valence-electron chi connectivity index (χ2n) is 6.56. The van der Waals surface area contributed by atoms with Crippen molar-refractivity contribution in [3.63, 3.8) is 0 Å². The second kappa shape index (κ2) is 6.24. The van der Waals surface area contributed by atoms with Crippen LogP contribution in [0.2, 0.25) is 0 Å². The second-order valence-corrected chi connectivity index (χ2v) is 7.56. The normalized spacial score (nSPS) is 13.2. The summed E-state index contributed by atoms with van der Waals surface area (Å²) in [6.07, 6.45) is 1.64. The average Bonchev–Trinajstić information content (AvgIpc) is 2.97. The highest BCUT2D eigenvalue weighted by atomic mass is 32.1. The van der Waals surface area contributed by atoms with Crippen LogP contribution in [-0.4, -0.2) is 23.0 Å². The van der Waals surface area contributed by atoms with Crippen molar-refractivity contribution in [2.45, 2.75) is 26.9 Å². The molecule has 3 amide bonds. The van der Waals surface area contributed by atoms with Crippen LogP contribution >= 0.6 is 11.3 Å². The van der Waals surface area contributed by atoms with Gasteiger partial charge in [-0.15, -0.1) is 11.3 Å². The lowest BCUT2D eigenvalue weighted by Gasteiger charge is -2.29. The maximum absolute atomic E-state index is 12.9. The van der Waals surface area contributed by atoms with Crippen molar-refractivity contribution in [1.82, 2.24) is 4.98 Å². The number of nitrogens with two attached hydrogens (primary N) is 1. The van der Waals surface area contributed by atoms with Crippen molar-refractivity contribution in [2.24, 2.45) is 5.73 Å². The number of hydrogen-bond donors (Lipinski definition) is 2. The zero-order chi connectivity index (χ0) is 19.3. The van der Waals surface area contributed by atoms with Crippen LogP contribution in [0, 0.1) is 6.92 Å². The van der Waals surface area contributed by atoms with E-state index >= 15 is 0 Å². The molecule has 3 heterocycles. The Balaban J connectivity index is 1.92. The fourth-order valence-electron chi connectivity index (χ4n) is 3.22. The minimum atomic E-state index is -0.587. The number of amides is 3. The van der Waals surface area contributed by atoms with Crippen LogP contribution in [0.25, 0.3) is 10.2 Å². The summed E-state index contributed by atoms with van der Waals surface area (Å²) in [6.45, 7) is 5.79. The number of anilines is 3. The van der Waals surface area contributed by atoms with Crippen LogP contribution in [0.3, 0.4) is 0 Å². The number of thiophene rings is 1. The lowest BCUT2D eigenvalue weighted by Crippen LogP contribution is -2.35. The number of carbonyl (C=O) groups is 2. The smallest absolute Gasteiger partial charge is 0.331 e. The first-order chi connectivity index (χ1) is 12.9. The topological polar surface area (TPSA) is 97.6 Å². The van der Waals surface area contributed by atoms with E-state index in [4.69, 9.17) is 10.5 Å². The Labute approximate surface area is 159 Å². The molecule has 8 heteroatoms. The van der Waals surface area contributed by atoms with Crippen LogP contribution in [0.15, 0.2) is 30.5 Å². The Kier molecular flexibility index (Phi) is 4.00. The molecule has 0 unspecified atom stereocenters. The molecule has 1 aliphatic rings. The number of aromatic nitrogens is 1. The Morgan fingerprint density at radius 2 is 2.11 bits per heavy atom. The number of nitrogens with one attached hydrogen (secondary N) is 1. The van der Waals surface area contributed by atoms with Crippen LogP contribution in [0.4, 0.5) is 21.9 Å². The molecule has 2 aromatic heterocycles. The minimum Gasteiger partial charge on any atom is -0.491 e. The predicted molar refractivity (Wildman–Crippen MR) is 106 cm³/mol. The Morgan fingerprint density at radius 3 is 2.78 bits per heavy atom. The molecule has 0 saturated heterocycles. The number of nitrogens with zero attached hydrogens (tertiary/aromatic N) is 2. The van der Waals surface area contributed by atoms with Gasteiger partial charge in [0.15, 0.2) is 0 Å². The number of carbonyl (C=O) groups excluding carboxylic acids is 2. The lowest BCUT2D eigenvalue weighted by molar-refractivity contribution is 0.100. The molecule has 27 heavy (non-hydrogen) atoms. The van der Waals surface area contributed by atoms with Crippen LogP contribution < -0.4 is 20.7 Å². The molecule has 138 valence electrons. The van der Waals surface area contributed by atoms with Crippen molar-refractivity contribution < 1.29 is 14.3 Å². The summed E-state index contributed by atoms with van der Waals surface area (Å²) in [5.74, 6) is 0.132. The number of urea groups is 1. The highest BCUT2D eigenvalue weighted by molar-refractivity contribution is 7.21. The number of aryl methyl sites for hydroxylation is 1. The van der Waals surface area contributed by atoms with Crippen molar-refractivity contribution in [1.29, 1.82) is 0 Å². The van der Waals surface area contributed by atoms with Crippen LogP contribution in [0.5, 0.6) is 5.75 Å². The molecule has 3 N–H and O–H groups in total. The fraction of sp³-hybridized carbons (Fsp3) is 0.211. The van der Waals surface area contributed by atoms with E-state index in [1.807, 2.05) is 39.0 Å². The predicted octanol–water partition coefficient (Wildman–Crippen LogP) is 4.17. The number of rotatable bonds is 4. The van der Waals surface area contributed by atoms with Crippen LogP contribution in [-0.2, 0) is 0 Å². The largest absolute Gasteiger partial charge is 0.491 e. The summed E-state index contributed by atoms with van der Waals surface area (Å²) < 4.78 is 5.72. The summed E-state index contributed by atoms with van der Waals surface area (Å²) in [6, 6.07) is 6.85. The fourth-order valence-corrected chi connectivity index (χ4v) is 4.22. The zero-order valence-corrected chi connectivity index (χ0v) is 15.9. The van der Waals surface area contributed by atoms with E-state index in [-0.39, 0.29) is 12.1 Å². The van der Waals surface area contributed by atoms with Gasteiger partial charge in [-0.05, 0) is 50.6 Å². The van der Waals surface area contributed by atoms with E-state index in [0.717, 1.165) is 16.7 Å². The van der Waals surface area contributed by atoms with Gasteiger partial charge in [-0.1, -0.05) is 0 Å². The van der Waals surface area contributed by atoms with Gasteiger partial charge >= 0.3 is 6.03 Å². The van der Waals surface area contributed by atoms with E-state index < -0.39 is 5.91 Å². The van der Waals surface area contributed by atoms with Gasteiger partial charge in [-0.25, -0.2) is 9.78 Å². The molecule has 0 bridgehead atoms. The third-order valence-corrected chi connectivity index (χ3v) is 5.34. The quantitative estimate of drug-likeness (QED) is 0.707. The Morgan fingerprint density at radius 1 is 1.33 bits per heavy atom. The molecule has 0 aliphatic carbocycles. The van der Waals surface area contributed by atoms with Crippen molar-refractivity contribution in [3.8, 4) is 5.75 Å². The van der Waals surface area contributed by atoms with Crippen molar-refractivity contribution in [3.05, 3.63) is 40.9 Å². The monoisotopic (exact) mass is 382 g/mol. The summed E-state index contributed by atoms with van der Waals surface area (Å²) in [7, 11) is 0. The van der Waals surface area contributed by atoms with E-state index in [1.54, 1.807) is 12.3 Å². The molecular weight excluding hydrogens is 364 g/mol. The molecule has 0 atom stereocenters. The molecule has 0 radical (unpaired) electrons. The first kappa shape index (κ1) is 17.3. The Bertz CT molecular complexity index is 1090. The molecular formula is C19H18N4O3S. The molecule has 1 aromatic carbocycles. The van der Waals surface area contributed by atoms with Gasteiger partial charge < -0.3 is 15.8 Å². The SMILES string of the molecule is Cc1cc(OC(C)C)ccc1N1C(=O)Nc2ccnc3sc(C(N)=O)c1c23. The number of hydrogen-bond acceptors (Lipinski definition) is 5. The minimum absolute atomic E-state index is 0.0458. The maximum Gasteiger partial charge on any atom is 0.331 e. The van der Waals surface area contributed by atoms with E-state index in [9.17, 15) is 9.59 Å². The van der Waals surface area contributed by atoms with E-state index in [0.29, 0.717) is 26.8 Å². The first-order valence-corrected chi connectivity index (χ1v) is 9.28. The third kappa shape index (κ3) is 2.78. The Hall–Kier alpha value is -3.13. The average molecular weight is 382 g/mol. The van der Waals surface area contributed by atoms with Gasteiger partial charge in [0.2, 0.25) is 0 Å². The van der Waals surface area contributed by atoms with Crippen molar-refractivity contribution in [2.75, 3.05) is 10.2 Å². The van der Waals surface area contributed by atoms with Gasteiger partial charge in [-0.2, -0.15) is 0 Å². The number of ether oxygens (including phenoxy) is 1. The summed E-state index contributed by atoms with van der Waals surface area (Å²) in [5.41, 5.74) is 8.19. The maximum atomic E-state index is 12.9. The van der Waals surface area contributed by atoms with E-state index in [2.05, 4.69) is 10.3 Å². The van der Waals surface area contributed by atoms with Gasteiger partial charge in [0.1, 0.15) is 15.5 Å².